The van der Waals surface area contributed by atoms with Gasteiger partial charge in [0.05, 0.1) is 22.5 Å². The first-order valence-electron chi connectivity index (χ1n) is 5.64. The maximum atomic E-state index is 12.5. The predicted octanol–water partition coefficient (Wildman–Crippen LogP) is 2.23. The van der Waals surface area contributed by atoms with E-state index in [0.717, 1.165) is 0 Å². The molecule has 0 atom stereocenters. The number of nitro benzene ring substituents is 1. The fraction of sp³-hybridized carbons (Fsp3) is 0.250. The molecule has 0 bridgehead atoms. The van der Waals surface area contributed by atoms with Crippen molar-refractivity contribution in [2.75, 3.05) is 0 Å². The zero-order valence-electron chi connectivity index (χ0n) is 10.7. The molecule has 1 aromatic rings. The van der Waals surface area contributed by atoms with Crippen LogP contribution in [0.2, 0.25) is 0 Å². The Labute approximate surface area is 120 Å². The van der Waals surface area contributed by atoms with Gasteiger partial charge in [-0.1, -0.05) is 0 Å². The standard InChI is InChI=1S/C12H8F3NO6/c13-12(14,15)6-1-2-8(9(3-6)16(21)22)10(18)4-7(17)5-11(19)20/h1-3H,4-5H2,(H,19,20). The number of aliphatic carboxylic acids is 1. The molecule has 0 aromatic heterocycles. The first-order chi connectivity index (χ1) is 10.0. The van der Waals surface area contributed by atoms with Crippen LogP contribution in [-0.2, 0) is 15.8 Å². The second kappa shape index (κ2) is 6.33. The fourth-order valence-corrected chi connectivity index (χ4v) is 1.60. The van der Waals surface area contributed by atoms with Crippen LogP contribution in [0, 0.1) is 10.1 Å². The summed E-state index contributed by atoms with van der Waals surface area (Å²) in [5, 5.41) is 19.1. The number of Topliss-reactive ketones (excluding diaryl/α,β-unsaturated/α-hetero) is 2. The van der Waals surface area contributed by atoms with Crippen molar-refractivity contribution < 1.29 is 37.6 Å². The maximum absolute atomic E-state index is 12.5. The van der Waals surface area contributed by atoms with Crippen molar-refractivity contribution in [3.8, 4) is 0 Å². The van der Waals surface area contributed by atoms with E-state index in [-0.39, 0.29) is 6.07 Å². The Bertz CT molecular complexity index is 653. The van der Waals surface area contributed by atoms with Gasteiger partial charge in [-0.3, -0.25) is 24.5 Å². The molecule has 22 heavy (non-hydrogen) atoms. The topological polar surface area (TPSA) is 115 Å². The number of carbonyl (C=O) groups is 3. The molecule has 0 aliphatic heterocycles. The number of carboxylic acid groups (broad SMARTS) is 1. The minimum Gasteiger partial charge on any atom is -0.481 e. The summed E-state index contributed by atoms with van der Waals surface area (Å²) in [4.78, 5) is 42.8. The molecule has 118 valence electrons. The van der Waals surface area contributed by atoms with Crippen molar-refractivity contribution in [2.24, 2.45) is 0 Å². The van der Waals surface area contributed by atoms with E-state index in [4.69, 9.17) is 5.11 Å². The Morgan fingerprint density at radius 2 is 1.77 bits per heavy atom. The lowest BCUT2D eigenvalue weighted by Gasteiger charge is -2.08. The van der Waals surface area contributed by atoms with Crippen LogP contribution in [0.25, 0.3) is 0 Å². The summed E-state index contributed by atoms with van der Waals surface area (Å²) in [6.07, 6.45) is -6.73. The molecular formula is C12H8F3NO6. The highest BCUT2D eigenvalue weighted by Gasteiger charge is 2.34. The Balaban J connectivity index is 3.14. The van der Waals surface area contributed by atoms with E-state index < -0.39 is 58.3 Å². The molecule has 0 aliphatic rings. The number of hydrogen-bond acceptors (Lipinski definition) is 5. The van der Waals surface area contributed by atoms with Crippen LogP contribution in [-0.4, -0.2) is 27.6 Å². The largest absolute Gasteiger partial charge is 0.481 e. The molecule has 10 heteroatoms. The SMILES string of the molecule is O=C(O)CC(=O)CC(=O)c1ccc(C(F)(F)F)cc1[N+](=O)[O-]. The number of halogens is 3. The molecule has 0 radical (unpaired) electrons. The van der Waals surface area contributed by atoms with Gasteiger partial charge in [-0.2, -0.15) is 13.2 Å². The highest BCUT2D eigenvalue weighted by molar-refractivity contribution is 6.12. The summed E-state index contributed by atoms with van der Waals surface area (Å²) < 4.78 is 37.5. The lowest BCUT2D eigenvalue weighted by atomic mass is 10.0. The van der Waals surface area contributed by atoms with Crippen molar-refractivity contribution in [3.05, 3.63) is 39.4 Å². The van der Waals surface area contributed by atoms with Crippen molar-refractivity contribution in [1.29, 1.82) is 0 Å². The quantitative estimate of drug-likeness (QED) is 0.372. The summed E-state index contributed by atoms with van der Waals surface area (Å²) in [6.45, 7) is 0. The van der Waals surface area contributed by atoms with Crippen molar-refractivity contribution in [3.63, 3.8) is 0 Å². The molecule has 1 N–H and O–H groups in total. The number of nitrogens with zero attached hydrogens (tertiary/aromatic N) is 1. The average molecular weight is 319 g/mol. The Morgan fingerprint density at radius 3 is 2.23 bits per heavy atom. The smallest absolute Gasteiger partial charge is 0.416 e. The summed E-state index contributed by atoms with van der Waals surface area (Å²) in [5.74, 6) is -3.61. The molecule has 0 saturated carbocycles. The second-order valence-corrected chi connectivity index (χ2v) is 4.20. The van der Waals surface area contributed by atoms with Crippen molar-refractivity contribution >= 4 is 23.2 Å². The van der Waals surface area contributed by atoms with Crippen LogP contribution >= 0.6 is 0 Å². The number of hydrogen-bond donors (Lipinski definition) is 1. The van der Waals surface area contributed by atoms with E-state index in [1.54, 1.807) is 0 Å². The average Bonchev–Trinajstić information content (AvgIpc) is 2.35. The van der Waals surface area contributed by atoms with Gasteiger partial charge in [-0.05, 0) is 12.1 Å². The summed E-state index contributed by atoms with van der Waals surface area (Å²) in [6, 6.07) is 1.26. The van der Waals surface area contributed by atoms with Crippen LogP contribution in [0.3, 0.4) is 0 Å². The molecular weight excluding hydrogens is 311 g/mol. The van der Waals surface area contributed by atoms with Gasteiger partial charge in [0.1, 0.15) is 6.42 Å². The number of ketones is 2. The second-order valence-electron chi connectivity index (χ2n) is 4.20. The van der Waals surface area contributed by atoms with Gasteiger partial charge in [0.2, 0.25) is 0 Å². The number of rotatable bonds is 6. The lowest BCUT2D eigenvalue weighted by Crippen LogP contribution is -2.14. The minimum atomic E-state index is -4.83. The first-order valence-corrected chi connectivity index (χ1v) is 5.64. The number of alkyl halides is 3. The van der Waals surface area contributed by atoms with E-state index in [0.29, 0.717) is 12.1 Å². The molecule has 7 nitrogen and oxygen atoms in total. The molecule has 0 heterocycles. The lowest BCUT2D eigenvalue weighted by molar-refractivity contribution is -0.385. The third-order valence-corrected chi connectivity index (χ3v) is 2.53. The van der Waals surface area contributed by atoms with E-state index in [2.05, 4.69) is 0 Å². The van der Waals surface area contributed by atoms with E-state index in [1.165, 1.54) is 0 Å². The highest BCUT2D eigenvalue weighted by Crippen LogP contribution is 2.33. The van der Waals surface area contributed by atoms with Gasteiger partial charge in [-0.25, -0.2) is 0 Å². The third-order valence-electron chi connectivity index (χ3n) is 2.53. The zero-order valence-corrected chi connectivity index (χ0v) is 10.7. The van der Waals surface area contributed by atoms with Crippen LogP contribution in [0.5, 0.6) is 0 Å². The number of carbonyl (C=O) groups excluding carboxylic acids is 2. The first kappa shape index (κ1) is 17.3. The van der Waals surface area contributed by atoms with Gasteiger partial charge >= 0.3 is 12.1 Å². The summed E-state index contributed by atoms with van der Waals surface area (Å²) in [7, 11) is 0. The van der Waals surface area contributed by atoms with E-state index >= 15 is 0 Å². The number of nitro groups is 1. The predicted molar refractivity (Wildman–Crippen MR) is 64.3 cm³/mol. The van der Waals surface area contributed by atoms with E-state index in [1.807, 2.05) is 0 Å². The number of carboxylic acids is 1. The monoisotopic (exact) mass is 319 g/mol. The van der Waals surface area contributed by atoms with Crippen LogP contribution in [0.4, 0.5) is 18.9 Å². The Hall–Kier alpha value is -2.78. The van der Waals surface area contributed by atoms with Crippen LogP contribution < -0.4 is 0 Å². The molecule has 0 spiro atoms. The molecule has 0 fully saturated rings. The molecule has 1 aromatic carbocycles. The van der Waals surface area contributed by atoms with Crippen LogP contribution in [0.15, 0.2) is 18.2 Å². The Morgan fingerprint density at radius 1 is 1.18 bits per heavy atom. The number of benzene rings is 1. The van der Waals surface area contributed by atoms with Gasteiger partial charge in [0.15, 0.2) is 11.6 Å². The summed E-state index contributed by atoms with van der Waals surface area (Å²) >= 11 is 0. The Kier molecular flexibility index (Phi) is 4.97. The highest BCUT2D eigenvalue weighted by atomic mass is 19.4. The van der Waals surface area contributed by atoms with Gasteiger partial charge in [0, 0.05) is 6.07 Å². The fourth-order valence-electron chi connectivity index (χ4n) is 1.60. The molecule has 0 unspecified atom stereocenters. The minimum absolute atomic E-state index is 0.189. The van der Waals surface area contributed by atoms with Gasteiger partial charge in [0.25, 0.3) is 5.69 Å². The molecule has 0 aliphatic carbocycles. The molecule has 0 saturated heterocycles. The van der Waals surface area contributed by atoms with Crippen LogP contribution in [0.1, 0.15) is 28.8 Å². The van der Waals surface area contributed by atoms with Gasteiger partial charge in [-0.15, -0.1) is 0 Å². The maximum Gasteiger partial charge on any atom is 0.416 e. The molecule has 0 amide bonds. The van der Waals surface area contributed by atoms with Crippen molar-refractivity contribution in [1.82, 2.24) is 0 Å². The van der Waals surface area contributed by atoms with Crippen molar-refractivity contribution in [2.45, 2.75) is 19.0 Å². The van der Waals surface area contributed by atoms with E-state index in [9.17, 15) is 37.7 Å². The normalized spacial score (nSPS) is 11.0. The summed E-state index contributed by atoms with van der Waals surface area (Å²) in [5.41, 5.74) is -3.09. The van der Waals surface area contributed by atoms with Gasteiger partial charge < -0.3 is 5.11 Å². The third kappa shape index (κ3) is 4.36. The zero-order chi connectivity index (χ0) is 17.1. The molecule has 1 rings (SSSR count).